The second kappa shape index (κ2) is 15.1. The summed E-state index contributed by atoms with van der Waals surface area (Å²) in [6.07, 6.45) is 10.2. The van der Waals surface area contributed by atoms with E-state index in [0.29, 0.717) is 31.3 Å². The molecule has 6 atom stereocenters. The third-order valence-electron chi connectivity index (χ3n) is 13.2. The molecule has 11 nitrogen and oxygen atoms in total. The van der Waals surface area contributed by atoms with E-state index in [9.17, 15) is 14.4 Å². The van der Waals surface area contributed by atoms with Gasteiger partial charge in [-0.05, 0) is 135 Å². The van der Waals surface area contributed by atoms with Gasteiger partial charge in [0.2, 0.25) is 12.3 Å². The van der Waals surface area contributed by atoms with Crippen LogP contribution in [0.25, 0.3) is 44.5 Å². The standard InChI is InChI=1S/C47H55N7O4/c1-6-27(2)42(49-26-55)45(56)53-21-7-10-39(53)44-50-35-20-17-30(24-36(35)51-44)34-19-18-33(40-31-15-16-32(23-31)41(34)40)28-11-13-29(14-12-28)37-25-48-43(52-37)38-9-8-22-54(38)46(57)58-47(3,4)5/h11-14,17-20,24-27,31-32,38-39,42H,6-10,15-16,21-23H2,1-5H3,(H,48,52)(H,49,55)(H,50,51)/t27-,31?,32?,38?,39-,42?/m0/s1. The molecule has 3 fully saturated rings. The van der Waals surface area contributed by atoms with Crippen molar-refractivity contribution in [1.29, 1.82) is 0 Å². The number of aromatic amines is 2. The molecule has 2 bridgehead atoms. The Labute approximate surface area is 340 Å². The molecular weight excluding hydrogens is 727 g/mol. The van der Waals surface area contributed by atoms with Gasteiger partial charge in [0.15, 0.2) is 0 Å². The van der Waals surface area contributed by atoms with Gasteiger partial charge in [0.25, 0.3) is 0 Å². The molecule has 58 heavy (non-hydrogen) atoms. The van der Waals surface area contributed by atoms with Crippen molar-refractivity contribution in [3.8, 4) is 33.5 Å². The summed E-state index contributed by atoms with van der Waals surface area (Å²) in [5.74, 6) is 2.73. The fourth-order valence-electron chi connectivity index (χ4n) is 10.2. The van der Waals surface area contributed by atoms with Crippen LogP contribution in [0.15, 0.2) is 60.8 Å². The lowest BCUT2D eigenvalue weighted by Gasteiger charge is -2.30. The number of hydrogen-bond donors (Lipinski definition) is 3. The zero-order valence-corrected chi connectivity index (χ0v) is 34.3. The second-order valence-electron chi connectivity index (χ2n) is 18.0. The van der Waals surface area contributed by atoms with Crippen LogP contribution in [0.1, 0.15) is 133 Å². The molecule has 4 unspecified atom stereocenters. The Morgan fingerprint density at radius 1 is 0.862 bits per heavy atom. The van der Waals surface area contributed by atoms with E-state index in [1.54, 1.807) is 4.90 Å². The van der Waals surface area contributed by atoms with E-state index in [1.165, 1.54) is 52.6 Å². The smallest absolute Gasteiger partial charge is 0.410 e. The van der Waals surface area contributed by atoms with Gasteiger partial charge in [0.1, 0.15) is 23.3 Å². The number of ether oxygens (including phenoxy) is 1. The molecule has 2 aliphatic carbocycles. The van der Waals surface area contributed by atoms with Crippen LogP contribution in [0, 0.1) is 5.92 Å². The minimum absolute atomic E-state index is 0.0339. The number of carbonyl (C=O) groups excluding carboxylic acids is 3. The molecule has 3 aromatic carbocycles. The minimum Gasteiger partial charge on any atom is -0.444 e. The summed E-state index contributed by atoms with van der Waals surface area (Å²) >= 11 is 0. The SMILES string of the molecule is CC[C@H](C)C(NC=O)C(=O)N1CCC[C@H]1c1nc2ccc(-c3ccc(-c4ccc(-c5cnc(C6CCCN6C(=O)OC(C)(C)C)[nH]5)cc4)c4c3C3CCC4C3)cc2[nH]1. The lowest BCUT2D eigenvalue weighted by atomic mass is 9.81. The summed E-state index contributed by atoms with van der Waals surface area (Å²) in [6.45, 7) is 11.1. The van der Waals surface area contributed by atoms with Crippen molar-refractivity contribution in [1.82, 2.24) is 35.1 Å². The maximum Gasteiger partial charge on any atom is 0.410 e. The molecule has 4 heterocycles. The van der Waals surface area contributed by atoms with Gasteiger partial charge in [-0.15, -0.1) is 0 Å². The normalized spacial score (nSPS) is 22.4. The number of rotatable bonds is 10. The highest BCUT2D eigenvalue weighted by atomic mass is 16.6. The third-order valence-corrected chi connectivity index (χ3v) is 13.2. The fourth-order valence-corrected chi connectivity index (χ4v) is 10.2. The molecule has 3 amide bonds. The van der Waals surface area contributed by atoms with Crippen molar-refractivity contribution in [2.45, 2.75) is 122 Å². The van der Waals surface area contributed by atoms with E-state index in [4.69, 9.17) is 14.7 Å². The number of nitrogens with zero attached hydrogens (tertiary/aromatic N) is 4. The van der Waals surface area contributed by atoms with Crippen LogP contribution in [0.5, 0.6) is 0 Å². The maximum absolute atomic E-state index is 13.7. The van der Waals surface area contributed by atoms with E-state index >= 15 is 0 Å². The van der Waals surface area contributed by atoms with Gasteiger partial charge in [0.05, 0.1) is 35.0 Å². The van der Waals surface area contributed by atoms with Crippen molar-refractivity contribution in [3.05, 3.63) is 83.6 Å². The molecule has 302 valence electrons. The number of fused-ring (bicyclic) bond motifs is 6. The van der Waals surface area contributed by atoms with Crippen LogP contribution < -0.4 is 5.32 Å². The van der Waals surface area contributed by atoms with E-state index in [0.717, 1.165) is 66.0 Å². The molecule has 2 saturated heterocycles. The summed E-state index contributed by atoms with van der Waals surface area (Å²) in [5, 5.41) is 2.79. The van der Waals surface area contributed by atoms with Crippen molar-refractivity contribution in [3.63, 3.8) is 0 Å². The second-order valence-corrected chi connectivity index (χ2v) is 18.0. The predicted molar refractivity (Wildman–Crippen MR) is 225 cm³/mol. The number of hydrogen-bond acceptors (Lipinski definition) is 6. The average molecular weight is 782 g/mol. The number of likely N-dealkylation sites (tertiary alicyclic amines) is 2. The zero-order valence-electron chi connectivity index (χ0n) is 34.3. The average Bonchev–Trinajstić information content (AvgIpc) is 4.08. The number of amides is 3. The molecule has 9 rings (SSSR count). The van der Waals surface area contributed by atoms with Gasteiger partial charge in [0, 0.05) is 13.1 Å². The first-order valence-corrected chi connectivity index (χ1v) is 21.3. The molecule has 4 aliphatic rings. The fraction of sp³-hybridized carbons (Fsp3) is 0.468. The van der Waals surface area contributed by atoms with Crippen LogP contribution in [0.4, 0.5) is 4.79 Å². The topological polar surface area (TPSA) is 136 Å². The summed E-state index contributed by atoms with van der Waals surface area (Å²) in [4.78, 5) is 58.6. The van der Waals surface area contributed by atoms with Gasteiger partial charge in [-0.1, -0.05) is 62.7 Å². The molecule has 2 aromatic heterocycles. The van der Waals surface area contributed by atoms with Gasteiger partial charge >= 0.3 is 6.09 Å². The molecule has 2 aliphatic heterocycles. The highest BCUT2D eigenvalue weighted by Gasteiger charge is 2.41. The van der Waals surface area contributed by atoms with E-state index in [1.807, 2.05) is 45.7 Å². The summed E-state index contributed by atoms with van der Waals surface area (Å²) < 4.78 is 5.69. The van der Waals surface area contributed by atoms with Crippen LogP contribution >= 0.6 is 0 Å². The predicted octanol–water partition coefficient (Wildman–Crippen LogP) is 9.55. The van der Waals surface area contributed by atoms with Gasteiger partial charge < -0.3 is 24.9 Å². The molecule has 0 spiro atoms. The summed E-state index contributed by atoms with van der Waals surface area (Å²) in [5.41, 5.74) is 11.3. The lowest BCUT2D eigenvalue weighted by Crippen LogP contribution is -2.49. The van der Waals surface area contributed by atoms with Crippen LogP contribution in [0.2, 0.25) is 0 Å². The number of imidazole rings is 2. The number of nitrogens with one attached hydrogen (secondary N) is 3. The first kappa shape index (κ1) is 38.1. The molecular formula is C47H55N7O4. The molecule has 5 aromatic rings. The molecule has 3 N–H and O–H groups in total. The number of benzene rings is 3. The zero-order chi connectivity index (χ0) is 40.3. The van der Waals surface area contributed by atoms with Gasteiger partial charge in [-0.2, -0.15) is 0 Å². The Kier molecular flexibility index (Phi) is 9.88. The number of aromatic nitrogens is 4. The highest BCUT2D eigenvalue weighted by Crippen LogP contribution is 2.58. The first-order valence-electron chi connectivity index (χ1n) is 21.3. The van der Waals surface area contributed by atoms with Crippen molar-refractivity contribution >= 4 is 29.4 Å². The van der Waals surface area contributed by atoms with E-state index in [-0.39, 0.29) is 30.0 Å². The summed E-state index contributed by atoms with van der Waals surface area (Å²) in [6, 6.07) is 19.2. The highest BCUT2D eigenvalue weighted by molar-refractivity contribution is 5.87. The lowest BCUT2D eigenvalue weighted by molar-refractivity contribution is -0.137. The molecule has 1 saturated carbocycles. The van der Waals surface area contributed by atoms with Crippen molar-refractivity contribution in [2.24, 2.45) is 5.92 Å². The maximum atomic E-state index is 13.7. The molecule has 11 heteroatoms. The number of carbonyl (C=O) groups is 3. The minimum atomic E-state index is -0.544. The van der Waals surface area contributed by atoms with E-state index < -0.39 is 11.6 Å². The Balaban J connectivity index is 0.967. The Morgan fingerprint density at radius 3 is 2.17 bits per heavy atom. The van der Waals surface area contributed by atoms with Crippen LogP contribution in [-0.2, 0) is 14.3 Å². The van der Waals surface area contributed by atoms with Gasteiger partial charge in [-0.25, -0.2) is 14.8 Å². The molecule has 0 radical (unpaired) electrons. The largest absolute Gasteiger partial charge is 0.444 e. The first-order chi connectivity index (χ1) is 28.0. The summed E-state index contributed by atoms with van der Waals surface area (Å²) in [7, 11) is 0. The Bertz CT molecular complexity index is 2360. The van der Waals surface area contributed by atoms with Crippen molar-refractivity contribution < 1.29 is 19.1 Å². The third kappa shape index (κ3) is 6.86. The Morgan fingerprint density at radius 2 is 1.50 bits per heavy atom. The van der Waals surface area contributed by atoms with Crippen molar-refractivity contribution in [2.75, 3.05) is 13.1 Å². The van der Waals surface area contributed by atoms with E-state index in [2.05, 4.69) is 69.9 Å². The quantitative estimate of drug-likeness (QED) is 0.121. The Hall–Kier alpha value is -5.45. The van der Waals surface area contributed by atoms with Crippen LogP contribution in [0.3, 0.4) is 0 Å². The van der Waals surface area contributed by atoms with Crippen LogP contribution in [-0.4, -0.2) is 72.9 Å². The monoisotopic (exact) mass is 781 g/mol. The van der Waals surface area contributed by atoms with Gasteiger partial charge in [-0.3, -0.25) is 14.5 Å². The number of H-pyrrole nitrogens is 2.